The Morgan fingerprint density at radius 2 is 2.33 bits per heavy atom. The number of anilines is 1. The fourth-order valence-corrected chi connectivity index (χ4v) is 3.75. The average Bonchev–Trinajstić information content (AvgIpc) is 2.89. The van der Waals surface area contributed by atoms with Crippen LogP contribution in [0.1, 0.15) is 26.2 Å². The second-order valence-corrected chi connectivity index (χ2v) is 6.62. The first kappa shape index (κ1) is 14.6. The van der Waals surface area contributed by atoms with Crippen molar-refractivity contribution in [2.45, 2.75) is 32.2 Å². The second-order valence-electron chi connectivity index (χ2n) is 5.59. The summed E-state index contributed by atoms with van der Waals surface area (Å²) in [6.45, 7) is 4.90. The van der Waals surface area contributed by atoms with Crippen molar-refractivity contribution >= 4 is 26.7 Å². The Bertz CT molecular complexity index is 598. The summed E-state index contributed by atoms with van der Waals surface area (Å²) in [5, 5.41) is 4.52. The van der Waals surface area contributed by atoms with Crippen molar-refractivity contribution in [3.63, 3.8) is 0 Å². The summed E-state index contributed by atoms with van der Waals surface area (Å²) in [6, 6.07) is 6.73. The molecule has 5 heteroatoms. The summed E-state index contributed by atoms with van der Waals surface area (Å²) in [4.78, 5) is 7.11. The zero-order valence-electron chi connectivity index (χ0n) is 12.8. The summed E-state index contributed by atoms with van der Waals surface area (Å²) in [6.07, 6.45) is 3.95. The van der Waals surface area contributed by atoms with Gasteiger partial charge in [-0.2, -0.15) is 0 Å². The first-order valence-corrected chi connectivity index (χ1v) is 8.55. The van der Waals surface area contributed by atoms with Crippen molar-refractivity contribution in [2.75, 3.05) is 32.1 Å². The van der Waals surface area contributed by atoms with Gasteiger partial charge in [0.05, 0.1) is 16.8 Å². The van der Waals surface area contributed by atoms with Gasteiger partial charge in [-0.25, -0.2) is 4.98 Å². The number of likely N-dealkylation sites (N-methyl/N-ethyl adjacent to an activating group) is 1. The first-order chi connectivity index (χ1) is 10.3. The number of hydrogen-bond donors (Lipinski definition) is 1. The highest BCUT2D eigenvalue weighted by Gasteiger charge is 2.18. The molecule has 1 fully saturated rings. The molecule has 114 valence electrons. The number of likely N-dealkylation sites (tertiary alicyclic amines) is 1. The minimum Gasteiger partial charge on any atom is -0.494 e. The van der Waals surface area contributed by atoms with Crippen molar-refractivity contribution in [1.29, 1.82) is 0 Å². The fourth-order valence-electron chi connectivity index (χ4n) is 2.84. The molecule has 1 unspecified atom stereocenters. The van der Waals surface area contributed by atoms with Crippen LogP contribution in [0.2, 0.25) is 0 Å². The van der Waals surface area contributed by atoms with E-state index in [-0.39, 0.29) is 0 Å². The molecule has 4 nitrogen and oxygen atoms in total. The highest BCUT2D eigenvalue weighted by Crippen LogP contribution is 2.29. The Hall–Kier alpha value is -1.33. The Balaban J connectivity index is 1.66. The van der Waals surface area contributed by atoms with E-state index in [9.17, 15) is 0 Å². The second kappa shape index (κ2) is 6.62. The average molecular weight is 305 g/mol. The standard InChI is InChI=1S/C16H23N3OS/c1-3-20-13-7-8-14-15(10-13)21-16(18-14)17-11-12-6-4-5-9-19(12)2/h7-8,10,12H,3-6,9,11H2,1-2H3,(H,17,18). The van der Waals surface area contributed by atoms with Crippen molar-refractivity contribution < 1.29 is 4.74 Å². The molecule has 0 aliphatic carbocycles. The number of benzene rings is 1. The minimum atomic E-state index is 0.629. The van der Waals surface area contributed by atoms with E-state index >= 15 is 0 Å². The summed E-state index contributed by atoms with van der Waals surface area (Å²) in [5.74, 6) is 0.923. The third-order valence-corrected chi connectivity index (χ3v) is 5.06. The maximum atomic E-state index is 5.54. The normalized spacial score (nSPS) is 19.8. The molecule has 1 aliphatic heterocycles. The van der Waals surface area contributed by atoms with Crippen molar-refractivity contribution in [1.82, 2.24) is 9.88 Å². The molecule has 3 rings (SSSR count). The van der Waals surface area contributed by atoms with Crippen LogP contribution in [-0.2, 0) is 0 Å². The van der Waals surface area contributed by atoms with Crippen LogP contribution in [0.3, 0.4) is 0 Å². The predicted octanol–water partition coefficient (Wildman–Crippen LogP) is 3.59. The topological polar surface area (TPSA) is 37.4 Å². The van der Waals surface area contributed by atoms with Gasteiger partial charge < -0.3 is 15.0 Å². The molecular weight excluding hydrogens is 282 g/mol. The number of ether oxygens (including phenoxy) is 1. The molecule has 1 aliphatic rings. The van der Waals surface area contributed by atoms with Gasteiger partial charge in [-0.05, 0) is 51.6 Å². The van der Waals surface area contributed by atoms with Crippen LogP contribution >= 0.6 is 11.3 Å². The monoisotopic (exact) mass is 305 g/mol. The minimum absolute atomic E-state index is 0.629. The van der Waals surface area contributed by atoms with Crippen molar-refractivity contribution in [2.24, 2.45) is 0 Å². The van der Waals surface area contributed by atoms with E-state index in [0.29, 0.717) is 12.6 Å². The molecule has 0 amide bonds. The lowest BCUT2D eigenvalue weighted by Crippen LogP contribution is -2.40. The molecule has 1 atom stereocenters. The van der Waals surface area contributed by atoms with Gasteiger partial charge in [0.1, 0.15) is 5.75 Å². The van der Waals surface area contributed by atoms with E-state index in [1.54, 1.807) is 11.3 Å². The number of thiazole rings is 1. The van der Waals surface area contributed by atoms with Crippen LogP contribution in [0.4, 0.5) is 5.13 Å². The molecule has 1 aromatic carbocycles. The van der Waals surface area contributed by atoms with Crippen molar-refractivity contribution in [3.8, 4) is 5.75 Å². The van der Waals surface area contributed by atoms with Crippen LogP contribution in [0, 0.1) is 0 Å². The quantitative estimate of drug-likeness (QED) is 0.916. The fraction of sp³-hybridized carbons (Fsp3) is 0.562. The van der Waals surface area contributed by atoms with E-state index in [4.69, 9.17) is 4.74 Å². The number of piperidine rings is 1. The largest absolute Gasteiger partial charge is 0.494 e. The van der Waals surface area contributed by atoms with E-state index < -0.39 is 0 Å². The molecular formula is C16H23N3OS. The highest BCUT2D eigenvalue weighted by molar-refractivity contribution is 7.22. The molecule has 0 spiro atoms. The third-order valence-electron chi connectivity index (χ3n) is 4.08. The molecule has 1 saturated heterocycles. The van der Waals surface area contributed by atoms with Gasteiger partial charge in [0.2, 0.25) is 0 Å². The number of aromatic nitrogens is 1. The molecule has 21 heavy (non-hydrogen) atoms. The van der Waals surface area contributed by atoms with Crippen molar-refractivity contribution in [3.05, 3.63) is 18.2 Å². The van der Waals surface area contributed by atoms with Gasteiger partial charge >= 0.3 is 0 Å². The Labute approximate surface area is 130 Å². The van der Waals surface area contributed by atoms with Gasteiger partial charge in [0, 0.05) is 12.6 Å². The smallest absolute Gasteiger partial charge is 0.183 e. The SMILES string of the molecule is CCOc1ccc2nc(NCC3CCCCN3C)sc2c1. The zero-order chi connectivity index (χ0) is 14.7. The number of fused-ring (bicyclic) bond motifs is 1. The lowest BCUT2D eigenvalue weighted by Gasteiger charge is -2.32. The van der Waals surface area contributed by atoms with E-state index in [1.807, 2.05) is 19.1 Å². The molecule has 2 aromatic rings. The van der Waals surface area contributed by atoms with Gasteiger partial charge in [-0.1, -0.05) is 17.8 Å². The molecule has 0 radical (unpaired) electrons. The molecule has 1 N–H and O–H groups in total. The highest BCUT2D eigenvalue weighted by atomic mass is 32.1. The summed E-state index contributed by atoms with van der Waals surface area (Å²) < 4.78 is 6.73. The Morgan fingerprint density at radius 3 is 3.14 bits per heavy atom. The zero-order valence-corrected chi connectivity index (χ0v) is 13.6. The molecule has 2 heterocycles. The van der Waals surface area contributed by atoms with Crippen LogP contribution in [0.5, 0.6) is 5.75 Å². The third kappa shape index (κ3) is 3.47. The van der Waals surface area contributed by atoms with Crippen LogP contribution in [0.15, 0.2) is 18.2 Å². The van der Waals surface area contributed by atoms with Crippen LogP contribution in [-0.4, -0.2) is 42.7 Å². The predicted molar refractivity (Wildman–Crippen MR) is 89.5 cm³/mol. The maximum absolute atomic E-state index is 5.54. The van der Waals surface area contributed by atoms with E-state index in [2.05, 4.69) is 28.3 Å². The molecule has 0 bridgehead atoms. The number of rotatable bonds is 5. The Kier molecular flexibility index (Phi) is 4.60. The summed E-state index contributed by atoms with van der Waals surface area (Å²) >= 11 is 1.71. The van der Waals surface area contributed by atoms with Gasteiger partial charge in [-0.3, -0.25) is 0 Å². The van der Waals surface area contributed by atoms with E-state index in [1.165, 1.54) is 30.5 Å². The van der Waals surface area contributed by atoms with Crippen LogP contribution < -0.4 is 10.1 Å². The lowest BCUT2D eigenvalue weighted by molar-refractivity contribution is 0.194. The van der Waals surface area contributed by atoms with Gasteiger partial charge in [-0.15, -0.1) is 0 Å². The summed E-state index contributed by atoms with van der Waals surface area (Å²) in [5.41, 5.74) is 1.04. The van der Waals surface area contributed by atoms with Crippen LogP contribution in [0.25, 0.3) is 10.2 Å². The maximum Gasteiger partial charge on any atom is 0.183 e. The number of nitrogens with zero attached hydrogens (tertiary/aromatic N) is 2. The summed E-state index contributed by atoms with van der Waals surface area (Å²) in [7, 11) is 2.22. The Morgan fingerprint density at radius 1 is 1.43 bits per heavy atom. The number of nitrogens with one attached hydrogen (secondary N) is 1. The first-order valence-electron chi connectivity index (χ1n) is 7.74. The van der Waals surface area contributed by atoms with E-state index in [0.717, 1.165) is 22.9 Å². The molecule has 0 saturated carbocycles. The number of hydrogen-bond acceptors (Lipinski definition) is 5. The lowest BCUT2D eigenvalue weighted by atomic mass is 10.0. The molecule has 1 aromatic heterocycles. The van der Waals surface area contributed by atoms with Gasteiger partial charge in [0.25, 0.3) is 0 Å². The van der Waals surface area contributed by atoms with Gasteiger partial charge in [0.15, 0.2) is 5.13 Å².